The number of nitrogens with zero attached hydrogens (tertiary/aromatic N) is 2. The molecular weight excluding hydrogens is 542 g/mol. The molecule has 14 heteroatoms. The molecule has 0 amide bonds. The minimum atomic E-state index is -1.21. The van der Waals surface area contributed by atoms with E-state index in [1.807, 2.05) is 0 Å². The number of ether oxygens (including phenoxy) is 4. The fraction of sp³-hybridized carbons (Fsp3) is 0.556. The lowest BCUT2D eigenvalue weighted by Gasteiger charge is -2.30. The number of unbranched alkanes of at least 4 members (excludes halogenated alkanes) is 7. The second kappa shape index (κ2) is 17.4. The molecular formula is C27H37N3O11. The van der Waals surface area contributed by atoms with Crippen LogP contribution >= 0.6 is 0 Å². The first-order valence-corrected chi connectivity index (χ1v) is 13.5. The van der Waals surface area contributed by atoms with Crippen molar-refractivity contribution in [3.8, 4) is 0 Å². The highest BCUT2D eigenvalue weighted by atomic mass is 17.0. The van der Waals surface area contributed by atoms with Crippen molar-refractivity contribution in [3.63, 3.8) is 0 Å². The second-order valence-corrected chi connectivity index (χ2v) is 9.32. The summed E-state index contributed by atoms with van der Waals surface area (Å²) in [5.74, 6) is -1.10. The Kier molecular flexibility index (Phi) is 13.9. The van der Waals surface area contributed by atoms with Gasteiger partial charge in [-0.05, 0) is 25.8 Å². The van der Waals surface area contributed by atoms with E-state index in [4.69, 9.17) is 18.9 Å². The van der Waals surface area contributed by atoms with Gasteiger partial charge in [-0.25, -0.2) is 9.59 Å². The fourth-order valence-corrected chi connectivity index (χ4v) is 4.21. The van der Waals surface area contributed by atoms with Gasteiger partial charge in [0, 0.05) is 12.1 Å². The number of allylic oxidation sites excluding steroid dienone is 2. The summed E-state index contributed by atoms with van der Waals surface area (Å²) in [6, 6.07) is 5.56. The van der Waals surface area contributed by atoms with Crippen LogP contribution in [-0.2, 0) is 23.8 Å². The first kappa shape index (κ1) is 32.8. The number of non-ortho nitro benzene ring substituents is 1. The Labute approximate surface area is 237 Å². The minimum Gasteiger partial charge on any atom is -0.434 e. The molecule has 41 heavy (non-hydrogen) atoms. The third kappa shape index (κ3) is 11.3. The van der Waals surface area contributed by atoms with Crippen molar-refractivity contribution >= 4 is 18.0 Å². The van der Waals surface area contributed by atoms with Gasteiger partial charge in [0.1, 0.15) is 30.6 Å². The number of nitrogens with one attached hydrogen (secondary N) is 1. The smallest absolute Gasteiger partial charge is 0.434 e. The maximum Gasteiger partial charge on any atom is 0.513 e. The normalized spacial score (nSPS) is 14.7. The van der Waals surface area contributed by atoms with Crippen LogP contribution in [0.1, 0.15) is 83.6 Å². The molecule has 0 aliphatic carbocycles. The summed E-state index contributed by atoms with van der Waals surface area (Å²) in [5, 5.41) is 23.6. The lowest BCUT2D eigenvalue weighted by atomic mass is 9.90. The Morgan fingerprint density at radius 3 is 1.95 bits per heavy atom. The zero-order valence-electron chi connectivity index (χ0n) is 23.6. The van der Waals surface area contributed by atoms with E-state index < -0.39 is 41.5 Å². The van der Waals surface area contributed by atoms with E-state index >= 15 is 0 Å². The molecule has 1 aromatic rings. The lowest BCUT2D eigenvalue weighted by Crippen LogP contribution is -2.29. The van der Waals surface area contributed by atoms with Crippen LogP contribution in [0.4, 0.5) is 15.3 Å². The van der Waals surface area contributed by atoms with Gasteiger partial charge in [0.05, 0.1) is 22.9 Å². The number of nitro groups is 1. The average molecular weight is 580 g/mol. The predicted molar refractivity (Wildman–Crippen MR) is 145 cm³/mol. The second-order valence-electron chi connectivity index (χ2n) is 9.32. The Morgan fingerprint density at radius 1 is 0.829 bits per heavy atom. The third-order valence-electron chi connectivity index (χ3n) is 6.16. The van der Waals surface area contributed by atoms with E-state index in [1.54, 1.807) is 19.9 Å². The fourth-order valence-electron chi connectivity index (χ4n) is 4.21. The van der Waals surface area contributed by atoms with Gasteiger partial charge >= 0.3 is 12.3 Å². The quantitative estimate of drug-likeness (QED) is 0.0930. The zero-order chi connectivity index (χ0) is 30.2. The molecule has 1 aliphatic rings. The minimum absolute atomic E-state index is 0.0107. The molecule has 1 heterocycles. The first-order valence-electron chi connectivity index (χ1n) is 13.5. The zero-order valence-corrected chi connectivity index (χ0v) is 23.6. The molecule has 226 valence electrons. The number of dihydropyridines is 1. The van der Waals surface area contributed by atoms with E-state index in [2.05, 4.69) is 17.1 Å². The maximum absolute atomic E-state index is 12.6. The molecule has 0 spiro atoms. The monoisotopic (exact) mass is 579 g/mol. The number of benzene rings is 1. The summed E-state index contributed by atoms with van der Waals surface area (Å²) < 4.78 is 21.0. The summed E-state index contributed by atoms with van der Waals surface area (Å²) in [6.07, 6.45) is 6.42. The predicted octanol–water partition coefficient (Wildman–Crippen LogP) is 6.40. The van der Waals surface area contributed by atoms with E-state index in [0.29, 0.717) is 23.4 Å². The number of hydrogen-bond donors (Lipinski definition) is 1. The van der Waals surface area contributed by atoms with Gasteiger partial charge in [0.15, 0.2) is 0 Å². The van der Waals surface area contributed by atoms with E-state index in [9.17, 15) is 29.8 Å². The number of rotatable bonds is 17. The highest BCUT2D eigenvalue weighted by Crippen LogP contribution is 2.40. The van der Waals surface area contributed by atoms with Crippen LogP contribution in [0, 0.1) is 20.2 Å². The van der Waals surface area contributed by atoms with Crippen molar-refractivity contribution in [2.24, 2.45) is 0 Å². The van der Waals surface area contributed by atoms with Crippen molar-refractivity contribution in [2.75, 3.05) is 19.8 Å². The Balaban J connectivity index is 2.13. The molecule has 14 nitrogen and oxygen atoms in total. The highest BCUT2D eigenvalue weighted by molar-refractivity contribution is 5.65. The van der Waals surface area contributed by atoms with Gasteiger partial charge in [0.2, 0.25) is 0 Å². The number of nitro benzene ring substituents is 1. The molecule has 0 aromatic heterocycles. The molecule has 0 saturated carbocycles. The van der Waals surface area contributed by atoms with Crippen LogP contribution in [0.25, 0.3) is 0 Å². The SMILES string of the molecule is CCCCCCCCCCOC(=O)OC1=C(C)NC(C)=C(OC(=O)OCCO[N+](=O)[O-])C1c1cccc([N+](=O)[O-])c1. The number of carbonyl (C=O) groups is 2. The van der Waals surface area contributed by atoms with E-state index in [-0.39, 0.29) is 23.8 Å². The van der Waals surface area contributed by atoms with Gasteiger partial charge < -0.3 is 29.1 Å². The van der Waals surface area contributed by atoms with Crippen LogP contribution in [0.3, 0.4) is 0 Å². The number of carbonyl (C=O) groups excluding carboxylic acids is 2. The van der Waals surface area contributed by atoms with Crippen LogP contribution in [0.5, 0.6) is 0 Å². The van der Waals surface area contributed by atoms with Crippen LogP contribution in [0.15, 0.2) is 47.2 Å². The van der Waals surface area contributed by atoms with Gasteiger partial charge in [-0.2, -0.15) is 0 Å². The topological polar surface area (TPSA) is 179 Å². The van der Waals surface area contributed by atoms with E-state index in [1.165, 1.54) is 43.9 Å². The largest absolute Gasteiger partial charge is 0.513 e. The van der Waals surface area contributed by atoms with Crippen molar-refractivity contribution in [1.29, 1.82) is 0 Å². The molecule has 0 saturated heterocycles. The standard InChI is InChI=1S/C27H37N3O11/c1-4-5-6-7-8-9-10-11-15-37-26(31)40-24-19(2)28-20(3)25(41-27(32)38-16-17-39-30(35)36)23(24)21-13-12-14-22(18-21)29(33)34/h12-14,18,23,28H,4-11,15-17H2,1-3H3. The third-order valence-corrected chi connectivity index (χ3v) is 6.16. The van der Waals surface area contributed by atoms with Crippen LogP contribution in [0.2, 0.25) is 0 Å². The Hall–Kier alpha value is -4.36. The molecule has 0 radical (unpaired) electrons. The molecule has 2 rings (SSSR count). The summed E-state index contributed by atoms with van der Waals surface area (Å²) in [6.45, 7) is 4.56. The van der Waals surface area contributed by atoms with Gasteiger partial charge in [-0.15, -0.1) is 10.1 Å². The Morgan fingerprint density at radius 2 is 1.39 bits per heavy atom. The van der Waals surface area contributed by atoms with Crippen LogP contribution < -0.4 is 5.32 Å². The summed E-state index contributed by atoms with van der Waals surface area (Å²) in [7, 11) is 0. The van der Waals surface area contributed by atoms with Crippen molar-refractivity contribution in [3.05, 3.63) is 73.0 Å². The highest BCUT2D eigenvalue weighted by Gasteiger charge is 2.36. The van der Waals surface area contributed by atoms with Crippen LogP contribution in [-0.4, -0.2) is 42.1 Å². The summed E-state index contributed by atoms with van der Waals surface area (Å²) in [4.78, 5) is 50.2. The number of hydrogen-bond acceptors (Lipinski definition) is 12. The molecule has 0 bridgehead atoms. The van der Waals surface area contributed by atoms with Gasteiger partial charge in [-0.1, -0.05) is 64.0 Å². The lowest BCUT2D eigenvalue weighted by molar-refractivity contribution is -0.757. The van der Waals surface area contributed by atoms with Gasteiger partial charge in [-0.3, -0.25) is 10.1 Å². The van der Waals surface area contributed by atoms with Gasteiger partial charge in [0.25, 0.3) is 10.8 Å². The van der Waals surface area contributed by atoms with E-state index in [0.717, 1.165) is 19.3 Å². The van der Waals surface area contributed by atoms with Crippen molar-refractivity contribution < 1.29 is 43.4 Å². The summed E-state index contributed by atoms with van der Waals surface area (Å²) in [5.41, 5.74) is 0.803. The summed E-state index contributed by atoms with van der Waals surface area (Å²) >= 11 is 0. The van der Waals surface area contributed by atoms with Crippen molar-refractivity contribution in [2.45, 2.75) is 78.1 Å². The molecule has 1 N–H and O–H groups in total. The van der Waals surface area contributed by atoms with Crippen molar-refractivity contribution in [1.82, 2.24) is 5.32 Å². The molecule has 1 atom stereocenters. The molecule has 0 fully saturated rings. The molecule has 1 aromatic carbocycles. The molecule has 1 unspecified atom stereocenters. The Bertz CT molecular complexity index is 1130. The maximum atomic E-state index is 12.6. The first-order chi connectivity index (χ1) is 19.6. The molecule has 1 aliphatic heterocycles. The average Bonchev–Trinajstić information content (AvgIpc) is 2.92.